The maximum atomic E-state index is 5.54. The summed E-state index contributed by atoms with van der Waals surface area (Å²) in [5, 5.41) is 0. The molecule has 1 aromatic rings. The first kappa shape index (κ1) is 7.75. The zero-order valence-electron chi connectivity index (χ0n) is 5.13. The molecule has 0 saturated carbocycles. The van der Waals surface area contributed by atoms with Gasteiger partial charge in [-0.3, -0.25) is 0 Å². The van der Waals surface area contributed by atoms with Gasteiger partial charge in [-0.25, -0.2) is 0 Å². The molecular weight excluding hydrogens is 212 g/mol. The second-order valence-electron chi connectivity index (χ2n) is 1.93. The van der Waals surface area contributed by atoms with E-state index in [0.29, 0.717) is 16.3 Å². The maximum absolute atomic E-state index is 5.54. The Morgan fingerprint density at radius 3 is 2.00 bits per heavy atom. The highest BCUT2D eigenvalue weighted by molar-refractivity contribution is 9.10. The first-order valence-electron chi connectivity index (χ1n) is 2.64. The van der Waals surface area contributed by atoms with Crippen molar-refractivity contribution in [1.29, 1.82) is 0 Å². The number of hydrogen-bond donors (Lipinski definition) is 3. The van der Waals surface area contributed by atoms with Crippen molar-refractivity contribution in [2.75, 3.05) is 11.5 Å². The van der Waals surface area contributed by atoms with Gasteiger partial charge in [0.15, 0.2) is 0 Å². The van der Waals surface area contributed by atoms with Crippen LogP contribution < -0.4 is 11.5 Å². The Morgan fingerprint density at radius 2 is 1.60 bits per heavy atom. The van der Waals surface area contributed by atoms with Crippen molar-refractivity contribution in [2.24, 2.45) is 0 Å². The van der Waals surface area contributed by atoms with Crippen LogP contribution in [0.15, 0.2) is 21.5 Å². The Balaban J connectivity index is 3.31. The van der Waals surface area contributed by atoms with Crippen LogP contribution in [0.3, 0.4) is 0 Å². The fourth-order valence-electron chi connectivity index (χ4n) is 0.642. The first-order chi connectivity index (χ1) is 4.61. The molecule has 0 amide bonds. The molecule has 0 heterocycles. The number of rotatable bonds is 0. The fraction of sp³-hybridized carbons (Fsp3) is 0. The van der Waals surface area contributed by atoms with Gasteiger partial charge in [0.2, 0.25) is 0 Å². The molecule has 0 aliphatic carbocycles. The predicted molar refractivity (Wildman–Crippen MR) is 50.2 cm³/mol. The van der Waals surface area contributed by atoms with Gasteiger partial charge in [0.05, 0.1) is 4.90 Å². The monoisotopic (exact) mass is 218 g/mol. The second-order valence-corrected chi connectivity index (χ2v) is 3.30. The van der Waals surface area contributed by atoms with Crippen LogP contribution in [0.25, 0.3) is 0 Å². The Bertz CT molecular complexity index is 239. The lowest BCUT2D eigenvalue weighted by Crippen LogP contribution is -1.92. The van der Waals surface area contributed by atoms with E-state index < -0.39 is 0 Å². The van der Waals surface area contributed by atoms with Crippen LogP contribution in [-0.4, -0.2) is 0 Å². The molecule has 0 aliphatic heterocycles. The van der Waals surface area contributed by atoms with Gasteiger partial charge in [-0.1, -0.05) is 15.9 Å². The van der Waals surface area contributed by atoms with Crippen LogP contribution in [0.1, 0.15) is 0 Å². The average Bonchev–Trinajstić information content (AvgIpc) is 1.82. The number of anilines is 2. The largest absolute Gasteiger partial charge is 0.398 e. The highest BCUT2D eigenvalue weighted by atomic mass is 79.9. The highest BCUT2D eigenvalue weighted by Crippen LogP contribution is 2.27. The summed E-state index contributed by atoms with van der Waals surface area (Å²) >= 11 is 7.34. The summed E-state index contributed by atoms with van der Waals surface area (Å²) in [4.78, 5) is 0.642. The topological polar surface area (TPSA) is 52.0 Å². The minimum atomic E-state index is 0.593. The standard InChI is InChI=1S/C6H7BrN2S/c7-3-1-4(8)6(10)5(9)2-3/h1-2,10H,8-9H2. The molecule has 1 rings (SSSR count). The molecular formula is C6H7BrN2S. The van der Waals surface area contributed by atoms with Crippen molar-refractivity contribution in [2.45, 2.75) is 4.90 Å². The third-order valence-electron chi connectivity index (χ3n) is 1.13. The molecule has 0 radical (unpaired) electrons. The third-order valence-corrected chi connectivity index (χ3v) is 2.11. The van der Waals surface area contributed by atoms with Crippen LogP contribution in [0, 0.1) is 0 Å². The molecule has 0 unspecified atom stereocenters. The SMILES string of the molecule is Nc1cc(Br)cc(N)c1S. The lowest BCUT2D eigenvalue weighted by molar-refractivity contribution is 1.45. The van der Waals surface area contributed by atoms with Gasteiger partial charge < -0.3 is 11.5 Å². The summed E-state index contributed by atoms with van der Waals surface area (Å²) in [5.41, 5.74) is 12.3. The Kier molecular flexibility index (Phi) is 2.11. The van der Waals surface area contributed by atoms with Gasteiger partial charge in [-0.2, -0.15) is 0 Å². The molecule has 0 aromatic heterocycles. The molecule has 2 nitrogen and oxygen atoms in total. The van der Waals surface area contributed by atoms with Crippen molar-refractivity contribution >= 4 is 39.9 Å². The Morgan fingerprint density at radius 1 is 1.20 bits per heavy atom. The van der Waals surface area contributed by atoms with Crippen LogP contribution >= 0.6 is 28.6 Å². The van der Waals surface area contributed by atoms with Gasteiger partial charge in [0.25, 0.3) is 0 Å². The van der Waals surface area contributed by atoms with E-state index in [4.69, 9.17) is 11.5 Å². The summed E-state index contributed by atoms with van der Waals surface area (Å²) in [5.74, 6) is 0. The quantitative estimate of drug-likeness (QED) is 0.461. The summed E-state index contributed by atoms with van der Waals surface area (Å²) in [7, 11) is 0. The zero-order valence-corrected chi connectivity index (χ0v) is 7.62. The molecule has 0 spiro atoms. The fourth-order valence-corrected chi connectivity index (χ4v) is 1.26. The molecule has 4 N–H and O–H groups in total. The molecule has 0 bridgehead atoms. The third kappa shape index (κ3) is 1.38. The van der Waals surface area contributed by atoms with E-state index in [2.05, 4.69) is 28.6 Å². The Labute approximate surface area is 73.1 Å². The van der Waals surface area contributed by atoms with Crippen LogP contribution in [-0.2, 0) is 0 Å². The zero-order chi connectivity index (χ0) is 7.72. The van der Waals surface area contributed by atoms with E-state index in [9.17, 15) is 0 Å². The smallest absolute Gasteiger partial charge is 0.0502 e. The van der Waals surface area contributed by atoms with E-state index in [1.807, 2.05) is 0 Å². The first-order valence-corrected chi connectivity index (χ1v) is 3.88. The van der Waals surface area contributed by atoms with Crippen molar-refractivity contribution in [1.82, 2.24) is 0 Å². The number of thiol groups is 1. The van der Waals surface area contributed by atoms with E-state index >= 15 is 0 Å². The molecule has 0 atom stereocenters. The summed E-state index contributed by atoms with van der Waals surface area (Å²) < 4.78 is 0.875. The molecule has 54 valence electrons. The molecule has 0 aliphatic rings. The van der Waals surface area contributed by atoms with E-state index in [1.54, 1.807) is 12.1 Å². The van der Waals surface area contributed by atoms with E-state index in [-0.39, 0.29) is 0 Å². The van der Waals surface area contributed by atoms with Crippen LogP contribution in [0.2, 0.25) is 0 Å². The van der Waals surface area contributed by atoms with E-state index in [0.717, 1.165) is 4.47 Å². The van der Waals surface area contributed by atoms with Crippen LogP contribution in [0.5, 0.6) is 0 Å². The minimum absolute atomic E-state index is 0.593. The number of nitrogens with two attached hydrogens (primary N) is 2. The number of hydrogen-bond acceptors (Lipinski definition) is 3. The van der Waals surface area contributed by atoms with Crippen LogP contribution in [0.4, 0.5) is 11.4 Å². The van der Waals surface area contributed by atoms with Crippen molar-refractivity contribution in [3.8, 4) is 0 Å². The second kappa shape index (κ2) is 2.72. The highest BCUT2D eigenvalue weighted by Gasteiger charge is 1.99. The van der Waals surface area contributed by atoms with Gasteiger partial charge >= 0.3 is 0 Å². The number of benzene rings is 1. The average molecular weight is 219 g/mol. The number of halogens is 1. The molecule has 10 heavy (non-hydrogen) atoms. The Hall–Kier alpha value is -0.350. The summed E-state index contributed by atoms with van der Waals surface area (Å²) in [6.07, 6.45) is 0. The van der Waals surface area contributed by atoms with Crippen molar-refractivity contribution < 1.29 is 0 Å². The molecule has 0 saturated heterocycles. The normalized spacial score (nSPS) is 9.80. The summed E-state index contributed by atoms with van der Waals surface area (Å²) in [6.45, 7) is 0. The lowest BCUT2D eigenvalue weighted by atomic mass is 10.3. The molecule has 0 fully saturated rings. The van der Waals surface area contributed by atoms with Gasteiger partial charge in [-0.15, -0.1) is 12.6 Å². The predicted octanol–water partition coefficient (Wildman–Crippen LogP) is 1.90. The number of nitrogen functional groups attached to an aromatic ring is 2. The van der Waals surface area contributed by atoms with Gasteiger partial charge in [0, 0.05) is 15.8 Å². The summed E-state index contributed by atoms with van der Waals surface area (Å²) in [6, 6.07) is 3.53. The van der Waals surface area contributed by atoms with Crippen molar-refractivity contribution in [3.63, 3.8) is 0 Å². The lowest BCUT2D eigenvalue weighted by Gasteiger charge is -2.02. The maximum Gasteiger partial charge on any atom is 0.0502 e. The molecule has 1 aromatic carbocycles. The van der Waals surface area contributed by atoms with Gasteiger partial charge in [0.1, 0.15) is 0 Å². The van der Waals surface area contributed by atoms with E-state index in [1.165, 1.54) is 0 Å². The van der Waals surface area contributed by atoms with Gasteiger partial charge in [-0.05, 0) is 12.1 Å². The van der Waals surface area contributed by atoms with Crippen molar-refractivity contribution in [3.05, 3.63) is 16.6 Å². The minimum Gasteiger partial charge on any atom is -0.398 e. The molecule has 4 heteroatoms.